The van der Waals surface area contributed by atoms with Gasteiger partial charge in [0.15, 0.2) is 10.9 Å². The number of quaternary nitrogens is 1. The van der Waals surface area contributed by atoms with Crippen LogP contribution in [0.5, 0.6) is 0 Å². The summed E-state index contributed by atoms with van der Waals surface area (Å²) < 4.78 is 5.52. The minimum Gasteiger partial charge on any atom is -0.463 e. The molecule has 0 bridgehead atoms. The first-order valence-electron chi connectivity index (χ1n) is 11.3. The van der Waals surface area contributed by atoms with Crippen molar-refractivity contribution >= 4 is 33.3 Å². The molecule has 0 aliphatic carbocycles. The molecule has 1 unspecified atom stereocenters. The van der Waals surface area contributed by atoms with Crippen LogP contribution in [0.1, 0.15) is 26.5 Å². The molecule has 0 radical (unpaired) electrons. The van der Waals surface area contributed by atoms with Crippen molar-refractivity contribution < 1.29 is 14.1 Å². The largest absolute Gasteiger partial charge is 0.463 e. The van der Waals surface area contributed by atoms with Crippen molar-refractivity contribution in [3.05, 3.63) is 101 Å². The maximum Gasteiger partial charge on any atom is 0.258 e. The van der Waals surface area contributed by atoms with Gasteiger partial charge in [0.25, 0.3) is 5.91 Å². The fourth-order valence-corrected chi connectivity index (χ4v) is 5.57. The zero-order chi connectivity index (χ0) is 22.9. The van der Waals surface area contributed by atoms with Crippen LogP contribution in [0, 0.1) is 0 Å². The topological polar surface area (TPSA) is 72.5 Å². The van der Waals surface area contributed by atoms with Crippen molar-refractivity contribution in [1.82, 2.24) is 9.97 Å². The van der Waals surface area contributed by atoms with Crippen molar-refractivity contribution in [1.29, 1.82) is 0 Å². The number of para-hydroxylation sites is 1. The van der Waals surface area contributed by atoms with E-state index in [1.807, 2.05) is 36.4 Å². The van der Waals surface area contributed by atoms with E-state index >= 15 is 0 Å². The van der Waals surface area contributed by atoms with Crippen LogP contribution in [0.4, 0.5) is 5.13 Å². The number of hydrogen-bond donors (Lipinski definition) is 2. The van der Waals surface area contributed by atoms with E-state index in [2.05, 4.69) is 40.6 Å². The van der Waals surface area contributed by atoms with Crippen molar-refractivity contribution in [3.63, 3.8) is 0 Å². The Labute approximate surface area is 200 Å². The summed E-state index contributed by atoms with van der Waals surface area (Å²) in [5.74, 6) is 0.442. The van der Waals surface area contributed by atoms with E-state index in [1.165, 1.54) is 15.3 Å². The lowest BCUT2D eigenvalue weighted by molar-refractivity contribution is -0.929. The number of hydrogen-bond acceptors (Lipinski definition) is 5. The number of nitrogens with zero attached hydrogens (tertiary/aromatic N) is 2. The Morgan fingerprint density at radius 1 is 1.03 bits per heavy atom. The van der Waals surface area contributed by atoms with Gasteiger partial charge in [0.1, 0.15) is 18.8 Å². The number of anilines is 1. The fraction of sp³-hybridized carbons (Fsp3) is 0.148. The summed E-state index contributed by atoms with van der Waals surface area (Å²) in [5.41, 5.74) is 4.39. The zero-order valence-corrected chi connectivity index (χ0v) is 19.3. The predicted molar refractivity (Wildman–Crippen MR) is 133 cm³/mol. The standard InChI is InChI=1S/C27H22N4O2S/c32-26(20-15-23(24-11-6-14-33-24)28-21-10-5-4-9-19(20)21)30-27-29-22-12-13-31(17-25(22)34-27)16-18-7-2-1-3-8-18/h1-11,14-15H,12-13,16-17H2,(H,29,30,32)/p+1. The van der Waals surface area contributed by atoms with Gasteiger partial charge in [0.2, 0.25) is 0 Å². The smallest absolute Gasteiger partial charge is 0.258 e. The summed E-state index contributed by atoms with van der Waals surface area (Å²) in [6.07, 6.45) is 2.53. The van der Waals surface area contributed by atoms with Crippen LogP contribution < -0.4 is 10.2 Å². The fourth-order valence-electron chi connectivity index (χ4n) is 4.49. The highest BCUT2D eigenvalue weighted by molar-refractivity contribution is 7.15. The number of rotatable bonds is 5. The Morgan fingerprint density at radius 2 is 1.88 bits per heavy atom. The molecule has 1 aliphatic rings. The Balaban J connectivity index is 1.24. The normalized spacial score (nSPS) is 15.2. The summed E-state index contributed by atoms with van der Waals surface area (Å²) in [7, 11) is 0. The van der Waals surface area contributed by atoms with Gasteiger partial charge in [-0.3, -0.25) is 10.1 Å². The van der Waals surface area contributed by atoms with E-state index in [9.17, 15) is 4.79 Å². The molecule has 0 fully saturated rings. The van der Waals surface area contributed by atoms with Crippen LogP contribution in [0.15, 0.2) is 83.5 Å². The first-order valence-corrected chi connectivity index (χ1v) is 12.2. The summed E-state index contributed by atoms with van der Waals surface area (Å²) in [4.78, 5) is 25.6. The molecular formula is C27H23N4O2S+. The van der Waals surface area contributed by atoms with Crippen LogP contribution in [-0.4, -0.2) is 22.4 Å². The summed E-state index contributed by atoms with van der Waals surface area (Å²) in [6.45, 7) is 2.97. The third kappa shape index (κ3) is 4.11. The van der Waals surface area contributed by atoms with Crippen molar-refractivity contribution in [3.8, 4) is 11.5 Å². The van der Waals surface area contributed by atoms with Gasteiger partial charge in [-0.15, -0.1) is 0 Å². The van der Waals surface area contributed by atoms with Gasteiger partial charge in [-0.2, -0.15) is 0 Å². The molecule has 7 heteroatoms. The molecule has 6 rings (SSSR count). The molecule has 34 heavy (non-hydrogen) atoms. The summed E-state index contributed by atoms with van der Waals surface area (Å²) in [5, 5.41) is 4.50. The second kappa shape index (κ2) is 8.85. The van der Waals surface area contributed by atoms with Gasteiger partial charge >= 0.3 is 0 Å². The second-order valence-corrected chi connectivity index (χ2v) is 9.57. The summed E-state index contributed by atoms with van der Waals surface area (Å²) >= 11 is 1.58. The molecule has 1 atom stereocenters. The molecular weight excluding hydrogens is 444 g/mol. The van der Waals surface area contributed by atoms with Crippen LogP contribution in [0.3, 0.4) is 0 Å². The Bertz CT molecular complexity index is 1460. The maximum absolute atomic E-state index is 13.4. The number of carbonyl (C=O) groups excluding carboxylic acids is 1. The molecule has 0 spiro atoms. The Kier molecular flexibility index (Phi) is 5.41. The van der Waals surface area contributed by atoms with Crippen molar-refractivity contribution in [2.24, 2.45) is 0 Å². The quantitative estimate of drug-likeness (QED) is 0.403. The number of carbonyl (C=O) groups is 1. The van der Waals surface area contributed by atoms with Crippen LogP contribution in [0.25, 0.3) is 22.4 Å². The molecule has 4 heterocycles. The predicted octanol–water partition coefficient (Wildman–Crippen LogP) is 4.34. The van der Waals surface area contributed by atoms with Crippen LogP contribution in [0.2, 0.25) is 0 Å². The first kappa shape index (κ1) is 20.8. The average molecular weight is 468 g/mol. The van der Waals surface area contributed by atoms with Gasteiger partial charge in [0, 0.05) is 17.4 Å². The Morgan fingerprint density at radius 3 is 2.74 bits per heavy atom. The number of thiazole rings is 1. The number of nitrogens with one attached hydrogen (secondary N) is 2. The number of benzene rings is 2. The third-order valence-corrected chi connectivity index (χ3v) is 7.17. The van der Waals surface area contributed by atoms with Crippen molar-refractivity contribution in [2.45, 2.75) is 19.5 Å². The molecule has 0 saturated carbocycles. The highest BCUT2D eigenvalue weighted by Gasteiger charge is 2.25. The second-order valence-electron chi connectivity index (χ2n) is 8.48. The monoisotopic (exact) mass is 467 g/mol. The van der Waals surface area contributed by atoms with Gasteiger partial charge in [-0.05, 0) is 24.3 Å². The average Bonchev–Trinajstić information content (AvgIpc) is 3.54. The molecule has 2 aromatic carbocycles. The number of pyridine rings is 1. The number of furan rings is 1. The lowest BCUT2D eigenvalue weighted by Crippen LogP contribution is -3.10. The molecule has 0 saturated heterocycles. The minimum atomic E-state index is -0.189. The molecule has 1 aliphatic heterocycles. The number of aromatic nitrogens is 2. The number of amides is 1. The van der Waals surface area contributed by atoms with E-state index in [0.717, 1.165) is 42.7 Å². The van der Waals surface area contributed by atoms with Gasteiger partial charge in [-0.25, -0.2) is 9.97 Å². The van der Waals surface area contributed by atoms with E-state index in [4.69, 9.17) is 9.40 Å². The van der Waals surface area contributed by atoms with E-state index in [-0.39, 0.29) is 5.91 Å². The Hall–Kier alpha value is -3.81. The van der Waals surface area contributed by atoms with Crippen molar-refractivity contribution in [2.75, 3.05) is 11.9 Å². The molecule has 168 valence electrons. The van der Waals surface area contributed by atoms with Crippen LogP contribution in [-0.2, 0) is 19.5 Å². The SMILES string of the molecule is O=C(Nc1nc2c(s1)C[NH+](Cc1ccccc1)CC2)c1cc(-c2ccco2)nc2ccccc12. The molecule has 6 nitrogen and oxygen atoms in total. The molecule has 3 aromatic heterocycles. The lowest BCUT2D eigenvalue weighted by atomic mass is 10.1. The third-order valence-electron chi connectivity index (χ3n) is 6.16. The summed E-state index contributed by atoms with van der Waals surface area (Å²) in [6, 6.07) is 23.7. The highest BCUT2D eigenvalue weighted by atomic mass is 32.1. The molecule has 1 amide bonds. The maximum atomic E-state index is 13.4. The van der Waals surface area contributed by atoms with E-state index < -0.39 is 0 Å². The van der Waals surface area contributed by atoms with Gasteiger partial charge in [0.05, 0.1) is 34.5 Å². The van der Waals surface area contributed by atoms with Gasteiger partial charge in [-0.1, -0.05) is 59.9 Å². The van der Waals surface area contributed by atoms with E-state index in [1.54, 1.807) is 23.7 Å². The number of fused-ring (bicyclic) bond motifs is 2. The van der Waals surface area contributed by atoms with E-state index in [0.29, 0.717) is 22.1 Å². The zero-order valence-electron chi connectivity index (χ0n) is 18.5. The lowest BCUT2D eigenvalue weighted by Gasteiger charge is -2.22. The van der Waals surface area contributed by atoms with Gasteiger partial charge < -0.3 is 9.32 Å². The first-order chi connectivity index (χ1) is 16.7. The highest BCUT2D eigenvalue weighted by Crippen LogP contribution is 2.28. The molecule has 5 aromatic rings. The molecule has 2 N–H and O–H groups in total. The minimum absolute atomic E-state index is 0.189. The van der Waals surface area contributed by atoms with Crippen LogP contribution >= 0.6 is 11.3 Å².